The Morgan fingerprint density at radius 1 is 1.00 bits per heavy atom. The van der Waals surface area contributed by atoms with Crippen LogP contribution in [0.25, 0.3) is 0 Å². The van der Waals surface area contributed by atoms with Crippen LogP contribution >= 0.6 is 0 Å². The van der Waals surface area contributed by atoms with E-state index in [0.29, 0.717) is 5.56 Å². The van der Waals surface area contributed by atoms with Crippen LogP contribution in [0.5, 0.6) is 0 Å². The predicted molar refractivity (Wildman–Crippen MR) is 69.9 cm³/mol. The van der Waals surface area contributed by atoms with Gasteiger partial charge in [-0.05, 0) is 11.6 Å². The van der Waals surface area contributed by atoms with Crippen LogP contribution in [-0.4, -0.2) is 17.9 Å². The molecule has 0 bridgehead atoms. The Morgan fingerprint density at radius 2 is 1.61 bits per heavy atom. The second kappa shape index (κ2) is 3.68. The number of nitrogens with two attached hydrogens (primary N) is 1. The molecular formula is C15H14N2O. The highest BCUT2D eigenvalue weighted by Crippen LogP contribution is 2.38. The highest BCUT2D eigenvalue weighted by Gasteiger charge is 2.45. The Balaban J connectivity index is 2.27. The molecule has 1 aliphatic heterocycles. The van der Waals surface area contributed by atoms with Gasteiger partial charge in [0.25, 0.3) is 5.91 Å². The molecule has 3 nitrogen and oxygen atoms in total. The lowest BCUT2D eigenvalue weighted by molar-refractivity contribution is 0.0702. The van der Waals surface area contributed by atoms with Gasteiger partial charge in [0.1, 0.15) is 5.66 Å². The molecule has 0 saturated carbocycles. The Kier molecular flexibility index (Phi) is 2.25. The summed E-state index contributed by atoms with van der Waals surface area (Å²) in [7, 11) is 1.75. The van der Waals surface area contributed by atoms with Gasteiger partial charge >= 0.3 is 0 Å². The van der Waals surface area contributed by atoms with E-state index in [1.54, 1.807) is 11.9 Å². The number of fused-ring (bicyclic) bond motifs is 1. The number of nitrogens with zero attached hydrogens (tertiary/aromatic N) is 1. The van der Waals surface area contributed by atoms with E-state index < -0.39 is 5.66 Å². The molecule has 0 fully saturated rings. The summed E-state index contributed by atoms with van der Waals surface area (Å²) in [6.45, 7) is 0. The van der Waals surface area contributed by atoms with Gasteiger partial charge in [-0.25, -0.2) is 0 Å². The number of carbonyl (C=O) groups excluding carboxylic acids is 1. The van der Waals surface area contributed by atoms with Crippen molar-refractivity contribution in [3.05, 3.63) is 71.3 Å². The molecule has 3 heteroatoms. The summed E-state index contributed by atoms with van der Waals surface area (Å²) in [5, 5.41) is 0. The van der Waals surface area contributed by atoms with E-state index in [-0.39, 0.29) is 5.91 Å². The number of benzene rings is 2. The summed E-state index contributed by atoms with van der Waals surface area (Å²) in [5.74, 6) is -0.0306. The Morgan fingerprint density at radius 3 is 2.33 bits per heavy atom. The van der Waals surface area contributed by atoms with Crippen LogP contribution < -0.4 is 5.73 Å². The second-order valence-corrected chi connectivity index (χ2v) is 4.54. The van der Waals surface area contributed by atoms with Crippen LogP contribution in [0.3, 0.4) is 0 Å². The van der Waals surface area contributed by atoms with Crippen molar-refractivity contribution in [1.29, 1.82) is 0 Å². The van der Waals surface area contributed by atoms with E-state index in [1.165, 1.54) is 0 Å². The van der Waals surface area contributed by atoms with Gasteiger partial charge in [0.2, 0.25) is 0 Å². The van der Waals surface area contributed by atoms with E-state index in [4.69, 9.17) is 5.73 Å². The summed E-state index contributed by atoms with van der Waals surface area (Å²) in [6, 6.07) is 17.2. The van der Waals surface area contributed by atoms with Gasteiger partial charge in [-0.1, -0.05) is 48.5 Å². The average molecular weight is 238 g/mol. The minimum atomic E-state index is -0.866. The number of rotatable bonds is 1. The third-order valence-corrected chi connectivity index (χ3v) is 3.62. The molecule has 1 heterocycles. The topological polar surface area (TPSA) is 46.3 Å². The number of carbonyl (C=O) groups is 1. The minimum Gasteiger partial charge on any atom is -0.315 e. The quantitative estimate of drug-likeness (QED) is 0.825. The first-order chi connectivity index (χ1) is 8.65. The highest BCUT2D eigenvalue weighted by atomic mass is 16.2. The SMILES string of the molecule is CN1C(=O)c2ccccc2[C@@]1(N)c1ccccc1. The molecular weight excluding hydrogens is 224 g/mol. The first-order valence-electron chi connectivity index (χ1n) is 5.88. The Bertz CT molecular complexity index is 609. The molecule has 1 aliphatic rings. The summed E-state index contributed by atoms with van der Waals surface area (Å²) in [4.78, 5) is 13.8. The van der Waals surface area contributed by atoms with Crippen LogP contribution in [0.4, 0.5) is 0 Å². The zero-order valence-electron chi connectivity index (χ0n) is 10.1. The van der Waals surface area contributed by atoms with Gasteiger partial charge in [0.15, 0.2) is 0 Å². The van der Waals surface area contributed by atoms with E-state index in [0.717, 1.165) is 11.1 Å². The van der Waals surface area contributed by atoms with Gasteiger partial charge in [-0.15, -0.1) is 0 Å². The largest absolute Gasteiger partial charge is 0.315 e. The lowest BCUT2D eigenvalue weighted by Crippen LogP contribution is -2.49. The molecule has 3 rings (SSSR count). The van der Waals surface area contributed by atoms with Crippen molar-refractivity contribution in [1.82, 2.24) is 4.90 Å². The molecule has 2 N–H and O–H groups in total. The highest BCUT2D eigenvalue weighted by molar-refractivity contribution is 6.00. The van der Waals surface area contributed by atoms with Crippen LogP contribution in [0.15, 0.2) is 54.6 Å². The third-order valence-electron chi connectivity index (χ3n) is 3.62. The molecule has 2 aromatic carbocycles. The lowest BCUT2D eigenvalue weighted by atomic mass is 9.92. The van der Waals surface area contributed by atoms with Crippen LogP contribution in [0, 0.1) is 0 Å². The number of amides is 1. The maximum atomic E-state index is 12.2. The molecule has 0 spiro atoms. The molecule has 18 heavy (non-hydrogen) atoms. The van der Waals surface area contributed by atoms with Gasteiger partial charge in [0, 0.05) is 18.2 Å². The molecule has 0 unspecified atom stereocenters. The molecule has 1 atom stereocenters. The summed E-state index contributed by atoms with van der Waals surface area (Å²) < 4.78 is 0. The summed E-state index contributed by atoms with van der Waals surface area (Å²) in [5.41, 5.74) is 8.14. The van der Waals surface area contributed by atoms with E-state index in [9.17, 15) is 4.79 Å². The fourth-order valence-corrected chi connectivity index (χ4v) is 2.56. The minimum absolute atomic E-state index is 0.0306. The Hall–Kier alpha value is -2.13. The fourth-order valence-electron chi connectivity index (χ4n) is 2.56. The molecule has 2 aromatic rings. The molecule has 90 valence electrons. The zero-order valence-corrected chi connectivity index (χ0v) is 10.1. The summed E-state index contributed by atoms with van der Waals surface area (Å²) in [6.07, 6.45) is 0. The smallest absolute Gasteiger partial charge is 0.256 e. The van der Waals surface area contributed by atoms with Crippen LogP contribution in [0.2, 0.25) is 0 Å². The molecule has 0 aliphatic carbocycles. The van der Waals surface area contributed by atoms with Crippen molar-refractivity contribution >= 4 is 5.91 Å². The standard InChI is InChI=1S/C15H14N2O/c1-17-14(18)12-9-5-6-10-13(12)15(17,16)11-7-3-2-4-8-11/h2-10H,16H2,1H3/t15-/m1/s1. The predicted octanol–water partition coefficient (Wildman–Crippen LogP) is 1.93. The Labute approximate surface area is 106 Å². The second-order valence-electron chi connectivity index (χ2n) is 4.54. The van der Waals surface area contributed by atoms with Gasteiger partial charge in [-0.3, -0.25) is 4.79 Å². The number of hydrogen-bond donors (Lipinski definition) is 1. The average Bonchev–Trinajstić information content (AvgIpc) is 2.64. The van der Waals surface area contributed by atoms with Gasteiger partial charge < -0.3 is 10.6 Å². The van der Waals surface area contributed by atoms with Crippen molar-refractivity contribution in [3.8, 4) is 0 Å². The first-order valence-corrected chi connectivity index (χ1v) is 5.88. The normalized spacial score (nSPS) is 22.1. The summed E-state index contributed by atoms with van der Waals surface area (Å²) >= 11 is 0. The zero-order chi connectivity index (χ0) is 12.8. The molecule has 0 aromatic heterocycles. The third kappa shape index (κ3) is 1.25. The maximum Gasteiger partial charge on any atom is 0.256 e. The van der Waals surface area contributed by atoms with Crippen molar-refractivity contribution in [2.75, 3.05) is 7.05 Å². The van der Waals surface area contributed by atoms with Gasteiger partial charge in [0.05, 0.1) is 0 Å². The monoisotopic (exact) mass is 238 g/mol. The molecule has 0 saturated heterocycles. The lowest BCUT2D eigenvalue weighted by Gasteiger charge is -2.33. The number of hydrogen-bond acceptors (Lipinski definition) is 2. The van der Waals surface area contributed by atoms with E-state index in [1.807, 2.05) is 54.6 Å². The van der Waals surface area contributed by atoms with Crippen LogP contribution in [0.1, 0.15) is 21.5 Å². The molecule has 1 amide bonds. The fraction of sp³-hybridized carbons (Fsp3) is 0.133. The van der Waals surface area contributed by atoms with E-state index in [2.05, 4.69) is 0 Å². The van der Waals surface area contributed by atoms with Crippen LogP contribution in [-0.2, 0) is 5.66 Å². The van der Waals surface area contributed by atoms with Crippen molar-refractivity contribution in [2.45, 2.75) is 5.66 Å². The van der Waals surface area contributed by atoms with Crippen molar-refractivity contribution < 1.29 is 4.79 Å². The van der Waals surface area contributed by atoms with E-state index >= 15 is 0 Å². The van der Waals surface area contributed by atoms with Gasteiger partial charge in [-0.2, -0.15) is 0 Å². The van der Waals surface area contributed by atoms with Crippen molar-refractivity contribution in [3.63, 3.8) is 0 Å². The maximum absolute atomic E-state index is 12.2. The molecule has 0 radical (unpaired) electrons. The first kappa shape index (κ1) is 11.0. The van der Waals surface area contributed by atoms with Crippen molar-refractivity contribution in [2.24, 2.45) is 5.73 Å².